The Hall–Kier alpha value is -1.62. The summed E-state index contributed by atoms with van der Waals surface area (Å²) in [6, 6.07) is 0. The summed E-state index contributed by atoms with van der Waals surface area (Å²) >= 11 is 0. The summed E-state index contributed by atoms with van der Waals surface area (Å²) < 4.78 is 0. The van der Waals surface area contributed by atoms with E-state index in [4.69, 9.17) is 0 Å². The molecule has 5 nitrogen and oxygen atoms in total. The predicted molar refractivity (Wildman–Crippen MR) is 91.8 cm³/mol. The highest BCUT2D eigenvalue weighted by molar-refractivity contribution is 5.39. The normalized spacial score (nSPS) is 41.6. The summed E-state index contributed by atoms with van der Waals surface area (Å²) in [7, 11) is 0. The third-order valence-electron chi connectivity index (χ3n) is 6.83. The lowest BCUT2D eigenvalue weighted by Crippen LogP contribution is -2.45. The summed E-state index contributed by atoms with van der Waals surface area (Å²) in [6.45, 7) is 7.69. The number of aliphatic hydroxyl groups is 2. The largest absolute Gasteiger partial charge is 0.506 e. The Morgan fingerprint density at radius 2 is 2.08 bits per heavy atom. The van der Waals surface area contributed by atoms with Crippen LogP contribution in [0.5, 0.6) is 0 Å². The first-order valence-electron chi connectivity index (χ1n) is 8.87. The molecule has 0 spiro atoms. The molecule has 3 fully saturated rings. The first kappa shape index (κ1) is 17.2. The maximum absolute atomic E-state index is 11.2. The van der Waals surface area contributed by atoms with Gasteiger partial charge in [0.15, 0.2) is 5.76 Å². The molecule has 0 radical (unpaired) electrons. The zero-order chi connectivity index (χ0) is 17.6. The van der Waals surface area contributed by atoms with Crippen LogP contribution in [0.1, 0.15) is 52.4 Å². The second-order valence-electron chi connectivity index (χ2n) is 7.98. The Labute approximate surface area is 142 Å². The van der Waals surface area contributed by atoms with E-state index in [9.17, 15) is 20.3 Å². The molecule has 3 unspecified atom stereocenters. The number of fused-ring (bicyclic) bond motifs is 3. The van der Waals surface area contributed by atoms with Crippen molar-refractivity contribution in [2.45, 2.75) is 58.5 Å². The Bertz CT molecular complexity index is 631. The average Bonchev–Trinajstić information content (AvgIpc) is 2.81. The zero-order valence-corrected chi connectivity index (χ0v) is 14.5. The second-order valence-corrected chi connectivity index (χ2v) is 7.98. The molecule has 0 aliphatic heterocycles. The number of nitro groups is 1. The van der Waals surface area contributed by atoms with Crippen LogP contribution in [0.2, 0.25) is 0 Å². The van der Waals surface area contributed by atoms with Gasteiger partial charge in [0.25, 0.3) is 0 Å². The molecule has 0 aromatic heterocycles. The van der Waals surface area contributed by atoms with E-state index in [1.165, 1.54) is 6.92 Å². The predicted octanol–water partition coefficient (Wildman–Crippen LogP) is 4.13. The fraction of sp³-hybridized carbons (Fsp3) is 0.684. The van der Waals surface area contributed by atoms with Crippen molar-refractivity contribution in [1.82, 2.24) is 0 Å². The second kappa shape index (κ2) is 6.03. The van der Waals surface area contributed by atoms with Crippen LogP contribution in [0.25, 0.3) is 0 Å². The Morgan fingerprint density at radius 1 is 1.38 bits per heavy atom. The summed E-state index contributed by atoms with van der Waals surface area (Å²) in [6.07, 6.45) is 6.97. The zero-order valence-electron chi connectivity index (χ0n) is 14.5. The fourth-order valence-electron chi connectivity index (χ4n) is 5.44. The Morgan fingerprint density at radius 3 is 2.71 bits per heavy atom. The van der Waals surface area contributed by atoms with Gasteiger partial charge >= 0.3 is 5.70 Å². The highest BCUT2D eigenvalue weighted by Crippen LogP contribution is 2.60. The van der Waals surface area contributed by atoms with Gasteiger partial charge in [0.1, 0.15) is 0 Å². The Balaban J connectivity index is 1.97. The first-order valence-corrected chi connectivity index (χ1v) is 8.87. The van der Waals surface area contributed by atoms with Crippen LogP contribution in [0.3, 0.4) is 0 Å². The van der Waals surface area contributed by atoms with Crippen LogP contribution >= 0.6 is 0 Å². The van der Waals surface area contributed by atoms with Crippen molar-refractivity contribution >= 4 is 0 Å². The molecule has 0 aromatic rings. The third kappa shape index (κ3) is 2.59. The van der Waals surface area contributed by atoms with Gasteiger partial charge in [0.2, 0.25) is 0 Å². The monoisotopic (exact) mass is 333 g/mol. The molecule has 0 amide bonds. The van der Waals surface area contributed by atoms with Crippen molar-refractivity contribution in [2.24, 2.45) is 23.2 Å². The van der Waals surface area contributed by atoms with Crippen molar-refractivity contribution in [3.05, 3.63) is 45.4 Å². The van der Waals surface area contributed by atoms with Crippen molar-refractivity contribution in [3.63, 3.8) is 0 Å². The fourth-order valence-corrected chi connectivity index (χ4v) is 5.44. The number of aliphatic hydroxyl groups excluding tert-OH is 2. The summed E-state index contributed by atoms with van der Waals surface area (Å²) in [5.41, 5.74) is 1.65. The van der Waals surface area contributed by atoms with Crippen molar-refractivity contribution in [3.8, 4) is 0 Å². The van der Waals surface area contributed by atoms with Crippen molar-refractivity contribution < 1.29 is 15.1 Å². The minimum absolute atomic E-state index is 0.0143. The minimum Gasteiger partial charge on any atom is -0.506 e. The highest BCUT2D eigenvalue weighted by atomic mass is 16.6. The van der Waals surface area contributed by atoms with Crippen LogP contribution in [0.15, 0.2) is 35.3 Å². The Kier molecular flexibility index (Phi) is 4.32. The summed E-state index contributed by atoms with van der Waals surface area (Å²) in [4.78, 5) is 10.7. The average molecular weight is 333 g/mol. The van der Waals surface area contributed by atoms with E-state index in [1.807, 2.05) is 0 Å². The number of hydrogen-bond donors (Lipinski definition) is 2. The van der Waals surface area contributed by atoms with Gasteiger partial charge in [-0.25, -0.2) is 0 Å². The number of allylic oxidation sites excluding steroid dienone is 4. The SMILES string of the molecule is C=C1CCC2C(CC[C@@]3(C)C2CC[C@@H]3O)/C1=C/C(=C(\C)O)[N+](=O)[O-]. The van der Waals surface area contributed by atoms with Gasteiger partial charge in [-0.05, 0) is 67.3 Å². The standard InChI is InChI=1S/C19H27NO4/c1-11-4-5-14-13(15(11)10-17(12(2)21)20(23)24)8-9-19(3)16(14)6-7-18(19)22/h10,13-14,16,18,21-22H,1,4-9H2,2-3H3/b15-10+,17-12-/t13?,14?,16?,18-,19-/m0/s1. The molecule has 3 aliphatic rings. The summed E-state index contributed by atoms with van der Waals surface area (Å²) in [5.74, 6) is 0.911. The van der Waals surface area contributed by atoms with Gasteiger partial charge in [-0.2, -0.15) is 0 Å². The van der Waals surface area contributed by atoms with E-state index in [-0.39, 0.29) is 28.9 Å². The molecule has 132 valence electrons. The van der Waals surface area contributed by atoms with Gasteiger partial charge in [-0.3, -0.25) is 10.1 Å². The highest BCUT2D eigenvalue weighted by Gasteiger charge is 2.54. The van der Waals surface area contributed by atoms with Crippen LogP contribution in [0, 0.1) is 33.3 Å². The van der Waals surface area contributed by atoms with E-state index < -0.39 is 4.92 Å². The lowest BCUT2D eigenvalue weighted by Gasteiger charge is -2.50. The van der Waals surface area contributed by atoms with Gasteiger partial charge in [0, 0.05) is 13.0 Å². The van der Waals surface area contributed by atoms with E-state index in [1.54, 1.807) is 6.08 Å². The summed E-state index contributed by atoms with van der Waals surface area (Å²) in [5, 5.41) is 31.3. The van der Waals surface area contributed by atoms with E-state index in [0.29, 0.717) is 11.8 Å². The third-order valence-corrected chi connectivity index (χ3v) is 6.83. The van der Waals surface area contributed by atoms with Crippen molar-refractivity contribution in [2.75, 3.05) is 0 Å². The molecule has 3 saturated carbocycles. The van der Waals surface area contributed by atoms with Crippen LogP contribution in [0.4, 0.5) is 0 Å². The van der Waals surface area contributed by atoms with Crippen LogP contribution in [-0.4, -0.2) is 21.2 Å². The number of nitrogens with zero attached hydrogens (tertiary/aromatic N) is 1. The molecule has 5 heteroatoms. The molecule has 0 aromatic carbocycles. The van der Waals surface area contributed by atoms with Crippen LogP contribution in [-0.2, 0) is 0 Å². The maximum Gasteiger partial charge on any atom is 0.306 e. The van der Waals surface area contributed by atoms with E-state index in [2.05, 4.69) is 13.5 Å². The van der Waals surface area contributed by atoms with Gasteiger partial charge in [-0.1, -0.05) is 19.1 Å². The molecule has 0 bridgehead atoms. The maximum atomic E-state index is 11.2. The quantitative estimate of drug-likeness (QED) is 0.452. The smallest absolute Gasteiger partial charge is 0.306 e. The molecule has 24 heavy (non-hydrogen) atoms. The van der Waals surface area contributed by atoms with E-state index in [0.717, 1.165) is 49.7 Å². The lowest BCUT2D eigenvalue weighted by atomic mass is 9.54. The molecule has 0 saturated heterocycles. The lowest BCUT2D eigenvalue weighted by molar-refractivity contribution is -0.422. The van der Waals surface area contributed by atoms with E-state index >= 15 is 0 Å². The molecule has 3 rings (SSSR count). The van der Waals surface area contributed by atoms with Gasteiger partial charge in [-0.15, -0.1) is 0 Å². The topological polar surface area (TPSA) is 83.6 Å². The first-order chi connectivity index (χ1) is 11.3. The molecule has 3 aliphatic carbocycles. The van der Waals surface area contributed by atoms with Crippen molar-refractivity contribution in [1.29, 1.82) is 0 Å². The minimum atomic E-state index is -0.522. The van der Waals surface area contributed by atoms with Crippen LogP contribution < -0.4 is 0 Å². The molecular formula is C19H27NO4. The number of hydrogen-bond acceptors (Lipinski definition) is 4. The molecule has 5 atom stereocenters. The number of rotatable bonds is 2. The molecule has 2 N–H and O–H groups in total. The van der Waals surface area contributed by atoms with Gasteiger partial charge < -0.3 is 10.2 Å². The molecular weight excluding hydrogens is 306 g/mol. The molecule has 0 heterocycles. The van der Waals surface area contributed by atoms with Gasteiger partial charge in [0.05, 0.1) is 11.0 Å².